The predicted octanol–water partition coefficient (Wildman–Crippen LogP) is 3.60. The van der Waals surface area contributed by atoms with Crippen LogP contribution in [-0.4, -0.2) is 10.1 Å². The normalized spacial score (nSPS) is 11.6. The Labute approximate surface area is 115 Å². The van der Waals surface area contributed by atoms with E-state index in [9.17, 15) is 5.11 Å². The zero-order valence-electron chi connectivity index (χ0n) is 10.2. The van der Waals surface area contributed by atoms with Crippen LogP contribution in [0.25, 0.3) is 0 Å². The summed E-state index contributed by atoms with van der Waals surface area (Å²) < 4.78 is 5.58. The van der Waals surface area contributed by atoms with Crippen LogP contribution in [0.1, 0.15) is 23.7 Å². The van der Waals surface area contributed by atoms with Gasteiger partial charge in [0.2, 0.25) is 0 Å². The first-order valence-electron chi connectivity index (χ1n) is 5.52. The van der Waals surface area contributed by atoms with Crippen LogP contribution >= 0.6 is 22.9 Å². The molecule has 0 unspecified atom stereocenters. The van der Waals surface area contributed by atoms with Gasteiger partial charge in [-0.05, 0) is 26.0 Å². The largest absolute Gasteiger partial charge is 0.485 e. The van der Waals surface area contributed by atoms with Crippen LogP contribution in [0.2, 0.25) is 5.02 Å². The Morgan fingerprint density at radius 3 is 2.72 bits per heavy atom. The average Bonchev–Trinajstić information content (AvgIpc) is 2.76. The van der Waals surface area contributed by atoms with Crippen molar-refractivity contribution in [3.05, 3.63) is 45.4 Å². The summed E-state index contributed by atoms with van der Waals surface area (Å²) >= 11 is 7.42. The molecule has 0 aliphatic carbocycles. The molecular weight excluding hydrogens is 270 g/mol. The quantitative estimate of drug-likeness (QED) is 0.932. The standard InChI is InChI=1S/C13H14ClNO2S/c1-13(2,16)11-7-15-12(18-11)8-17-10-6-4-3-5-9(10)14/h3-7,16H,8H2,1-2H3. The van der Waals surface area contributed by atoms with Gasteiger partial charge in [-0.1, -0.05) is 23.7 Å². The van der Waals surface area contributed by atoms with Gasteiger partial charge in [0.15, 0.2) is 0 Å². The zero-order chi connectivity index (χ0) is 13.2. The number of ether oxygens (including phenoxy) is 1. The third kappa shape index (κ3) is 3.22. The molecule has 1 aromatic heterocycles. The SMILES string of the molecule is CC(C)(O)c1cnc(COc2ccccc2Cl)s1. The summed E-state index contributed by atoms with van der Waals surface area (Å²) in [5.74, 6) is 0.638. The highest BCUT2D eigenvalue weighted by Gasteiger charge is 2.19. The number of nitrogens with zero attached hydrogens (tertiary/aromatic N) is 1. The molecule has 0 saturated heterocycles. The van der Waals surface area contributed by atoms with Gasteiger partial charge < -0.3 is 9.84 Å². The molecule has 0 saturated carbocycles. The summed E-state index contributed by atoms with van der Waals surface area (Å²) in [6.07, 6.45) is 1.68. The maximum Gasteiger partial charge on any atom is 0.140 e. The van der Waals surface area contributed by atoms with Gasteiger partial charge in [0.25, 0.3) is 0 Å². The van der Waals surface area contributed by atoms with E-state index in [0.29, 0.717) is 17.4 Å². The van der Waals surface area contributed by atoms with E-state index >= 15 is 0 Å². The van der Waals surface area contributed by atoms with E-state index in [-0.39, 0.29) is 0 Å². The molecule has 0 amide bonds. The lowest BCUT2D eigenvalue weighted by Gasteiger charge is -2.13. The van der Waals surface area contributed by atoms with Crippen LogP contribution in [0, 0.1) is 0 Å². The van der Waals surface area contributed by atoms with E-state index in [1.165, 1.54) is 11.3 Å². The van der Waals surface area contributed by atoms with Crippen LogP contribution in [0.4, 0.5) is 0 Å². The van der Waals surface area contributed by atoms with Crippen molar-refractivity contribution in [3.8, 4) is 5.75 Å². The molecule has 1 aromatic carbocycles. The number of benzene rings is 1. The molecule has 0 radical (unpaired) electrons. The molecule has 0 atom stereocenters. The van der Waals surface area contributed by atoms with Crippen LogP contribution in [0.3, 0.4) is 0 Å². The lowest BCUT2D eigenvalue weighted by atomic mass is 10.1. The van der Waals surface area contributed by atoms with Crippen molar-refractivity contribution in [1.82, 2.24) is 4.98 Å². The number of para-hydroxylation sites is 1. The molecule has 0 bridgehead atoms. The van der Waals surface area contributed by atoms with Gasteiger partial charge >= 0.3 is 0 Å². The molecule has 18 heavy (non-hydrogen) atoms. The molecular formula is C13H14ClNO2S. The zero-order valence-corrected chi connectivity index (χ0v) is 11.8. The second-order valence-electron chi connectivity index (χ2n) is 4.40. The highest BCUT2D eigenvalue weighted by atomic mass is 35.5. The van der Waals surface area contributed by atoms with Crippen molar-refractivity contribution in [2.24, 2.45) is 0 Å². The molecule has 0 fully saturated rings. The topological polar surface area (TPSA) is 42.4 Å². The van der Waals surface area contributed by atoms with Gasteiger partial charge in [-0.25, -0.2) is 4.98 Å². The molecule has 0 aliphatic rings. The van der Waals surface area contributed by atoms with E-state index in [1.807, 2.05) is 18.2 Å². The monoisotopic (exact) mass is 283 g/mol. The molecule has 1 heterocycles. The van der Waals surface area contributed by atoms with Crippen LogP contribution in [-0.2, 0) is 12.2 Å². The van der Waals surface area contributed by atoms with Gasteiger partial charge in [0.05, 0.1) is 15.5 Å². The van der Waals surface area contributed by atoms with Crippen molar-refractivity contribution in [2.45, 2.75) is 26.1 Å². The Bertz CT molecular complexity index is 534. The van der Waals surface area contributed by atoms with E-state index in [0.717, 1.165) is 9.88 Å². The minimum atomic E-state index is -0.861. The number of hydrogen-bond acceptors (Lipinski definition) is 4. The maximum atomic E-state index is 9.84. The Balaban J connectivity index is 2.03. The Hall–Kier alpha value is -1.10. The number of aliphatic hydroxyl groups is 1. The van der Waals surface area contributed by atoms with Crippen molar-refractivity contribution < 1.29 is 9.84 Å². The van der Waals surface area contributed by atoms with Crippen molar-refractivity contribution in [1.29, 1.82) is 0 Å². The number of aromatic nitrogens is 1. The Morgan fingerprint density at radius 1 is 1.39 bits per heavy atom. The number of hydrogen-bond donors (Lipinski definition) is 1. The summed E-state index contributed by atoms with van der Waals surface area (Å²) in [5, 5.41) is 11.2. The molecule has 3 nitrogen and oxygen atoms in total. The lowest BCUT2D eigenvalue weighted by molar-refractivity contribution is 0.0823. The molecule has 2 rings (SSSR count). The van der Waals surface area contributed by atoms with E-state index in [2.05, 4.69) is 4.98 Å². The highest BCUT2D eigenvalue weighted by molar-refractivity contribution is 7.11. The van der Waals surface area contributed by atoms with Crippen molar-refractivity contribution >= 4 is 22.9 Å². The fourth-order valence-electron chi connectivity index (χ4n) is 1.36. The predicted molar refractivity (Wildman–Crippen MR) is 73.1 cm³/mol. The first kappa shape index (κ1) is 13.3. The van der Waals surface area contributed by atoms with E-state index < -0.39 is 5.60 Å². The smallest absolute Gasteiger partial charge is 0.140 e. The van der Waals surface area contributed by atoms with Gasteiger partial charge in [-0.15, -0.1) is 11.3 Å². The Kier molecular flexibility index (Phi) is 3.90. The van der Waals surface area contributed by atoms with Crippen LogP contribution < -0.4 is 4.74 Å². The summed E-state index contributed by atoms with van der Waals surface area (Å²) in [7, 11) is 0. The molecule has 0 aliphatic heterocycles. The van der Waals surface area contributed by atoms with Gasteiger partial charge in [0, 0.05) is 6.20 Å². The fraction of sp³-hybridized carbons (Fsp3) is 0.308. The fourth-order valence-corrected chi connectivity index (χ4v) is 2.38. The van der Waals surface area contributed by atoms with Crippen LogP contribution in [0.15, 0.2) is 30.5 Å². The lowest BCUT2D eigenvalue weighted by Crippen LogP contribution is -2.12. The maximum absolute atomic E-state index is 9.84. The van der Waals surface area contributed by atoms with Gasteiger partial charge in [-0.3, -0.25) is 0 Å². The van der Waals surface area contributed by atoms with Crippen LogP contribution in [0.5, 0.6) is 5.75 Å². The van der Waals surface area contributed by atoms with E-state index in [4.69, 9.17) is 16.3 Å². The first-order valence-corrected chi connectivity index (χ1v) is 6.71. The summed E-state index contributed by atoms with van der Waals surface area (Å²) in [6.45, 7) is 3.82. The number of rotatable bonds is 4. The summed E-state index contributed by atoms with van der Waals surface area (Å²) in [6, 6.07) is 7.31. The molecule has 1 N–H and O–H groups in total. The molecule has 0 spiro atoms. The highest BCUT2D eigenvalue weighted by Crippen LogP contribution is 2.28. The minimum Gasteiger partial charge on any atom is -0.485 e. The Morgan fingerprint density at radius 2 is 2.11 bits per heavy atom. The average molecular weight is 284 g/mol. The molecule has 96 valence electrons. The third-order valence-electron chi connectivity index (χ3n) is 2.34. The van der Waals surface area contributed by atoms with Crippen molar-refractivity contribution in [3.63, 3.8) is 0 Å². The summed E-state index contributed by atoms with van der Waals surface area (Å²) in [4.78, 5) is 5.04. The number of thiazole rings is 1. The van der Waals surface area contributed by atoms with Gasteiger partial charge in [-0.2, -0.15) is 0 Å². The van der Waals surface area contributed by atoms with E-state index in [1.54, 1.807) is 26.1 Å². The second-order valence-corrected chi connectivity index (χ2v) is 5.92. The summed E-state index contributed by atoms with van der Waals surface area (Å²) in [5.41, 5.74) is -0.861. The molecule has 2 aromatic rings. The first-order chi connectivity index (χ1) is 8.47. The minimum absolute atomic E-state index is 0.352. The van der Waals surface area contributed by atoms with Crippen molar-refractivity contribution in [2.75, 3.05) is 0 Å². The number of halogens is 1. The molecule has 5 heteroatoms. The third-order valence-corrected chi connectivity index (χ3v) is 3.94. The second kappa shape index (κ2) is 5.26. The van der Waals surface area contributed by atoms with Gasteiger partial charge in [0.1, 0.15) is 17.4 Å².